The number of nitrogens with two attached hydrogens (primary N) is 1. The molecule has 1 nitrogen and oxygen atoms in total. The number of hydrogen-bond acceptors (Lipinski definition) is 1. The van der Waals surface area contributed by atoms with Crippen molar-refractivity contribution in [2.45, 2.75) is 66.2 Å². The first-order valence-electron chi connectivity index (χ1n) is 6.37. The lowest BCUT2D eigenvalue weighted by atomic mass is 9.76. The van der Waals surface area contributed by atoms with Gasteiger partial charge >= 0.3 is 0 Å². The maximum Gasteiger partial charge on any atom is 0.0384 e. The standard InChI is InChI=1S/C16H27N/c1-10-11(2)14(17)13(16(6,7)8)9-12(10)15(3,4)5/h9H,17H2,1-8H3. The van der Waals surface area contributed by atoms with Crippen LogP contribution in [0.5, 0.6) is 0 Å². The summed E-state index contributed by atoms with van der Waals surface area (Å²) >= 11 is 0. The van der Waals surface area contributed by atoms with E-state index in [2.05, 4.69) is 61.5 Å². The highest BCUT2D eigenvalue weighted by Crippen LogP contribution is 2.37. The van der Waals surface area contributed by atoms with Crippen molar-refractivity contribution in [3.8, 4) is 0 Å². The fraction of sp³-hybridized carbons (Fsp3) is 0.625. The third-order valence-electron chi connectivity index (χ3n) is 3.57. The van der Waals surface area contributed by atoms with Crippen molar-refractivity contribution in [2.75, 3.05) is 5.73 Å². The molecule has 0 amide bonds. The van der Waals surface area contributed by atoms with Crippen molar-refractivity contribution in [3.05, 3.63) is 28.3 Å². The van der Waals surface area contributed by atoms with Gasteiger partial charge in [0, 0.05) is 5.69 Å². The van der Waals surface area contributed by atoms with Gasteiger partial charge < -0.3 is 5.73 Å². The Labute approximate surface area is 106 Å². The zero-order chi connectivity index (χ0) is 13.6. The normalized spacial score (nSPS) is 12.9. The first-order valence-corrected chi connectivity index (χ1v) is 6.37. The lowest BCUT2D eigenvalue weighted by molar-refractivity contribution is 0.566. The van der Waals surface area contributed by atoms with Crippen molar-refractivity contribution in [3.63, 3.8) is 0 Å². The number of rotatable bonds is 0. The van der Waals surface area contributed by atoms with Gasteiger partial charge in [0.2, 0.25) is 0 Å². The minimum Gasteiger partial charge on any atom is -0.398 e. The Bertz CT molecular complexity index is 390. The second kappa shape index (κ2) is 4.04. The SMILES string of the molecule is Cc1c(C(C)(C)C)cc(C(C)(C)C)c(N)c1C. The molecule has 17 heavy (non-hydrogen) atoms. The molecule has 1 aromatic carbocycles. The number of hydrogen-bond donors (Lipinski definition) is 1. The van der Waals surface area contributed by atoms with E-state index in [9.17, 15) is 0 Å². The van der Waals surface area contributed by atoms with Crippen molar-refractivity contribution in [1.29, 1.82) is 0 Å². The van der Waals surface area contributed by atoms with Gasteiger partial charge in [-0.3, -0.25) is 0 Å². The number of anilines is 1. The lowest BCUT2D eigenvalue weighted by Crippen LogP contribution is -2.20. The molecule has 0 atom stereocenters. The van der Waals surface area contributed by atoms with Crippen LogP contribution in [-0.2, 0) is 10.8 Å². The quantitative estimate of drug-likeness (QED) is 0.657. The molecule has 0 aliphatic rings. The van der Waals surface area contributed by atoms with Gasteiger partial charge in [0.15, 0.2) is 0 Å². The average Bonchev–Trinajstić information content (AvgIpc) is 2.10. The van der Waals surface area contributed by atoms with E-state index >= 15 is 0 Å². The molecule has 0 radical (unpaired) electrons. The number of benzene rings is 1. The highest BCUT2D eigenvalue weighted by atomic mass is 14.6. The molecule has 1 aromatic rings. The van der Waals surface area contributed by atoms with E-state index in [-0.39, 0.29) is 10.8 Å². The topological polar surface area (TPSA) is 26.0 Å². The Hall–Kier alpha value is -0.980. The summed E-state index contributed by atoms with van der Waals surface area (Å²) in [6.45, 7) is 17.8. The molecular formula is C16H27N. The summed E-state index contributed by atoms with van der Waals surface area (Å²) in [6.07, 6.45) is 0. The second-order valence-corrected chi connectivity index (χ2v) is 7.14. The Balaban J connectivity index is 3.63. The van der Waals surface area contributed by atoms with Crippen LogP contribution in [0.25, 0.3) is 0 Å². The molecule has 0 aromatic heterocycles. The summed E-state index contributed by atoms with van der Waals surface area (Å²) in [4.78, 5) is 0. The Morgan fingerprint density at radius 2 is 1.18 bits per heavy atom. The largest absolute Gasteiger partial charge is 0.398 e. The van der Waals surface area contributed by atoms with E-state index < -0.39 is 0 Å². The Morgan fingerprint density at radius 3 is 1.53 bits per heavy atom. The molecule has 0 fully saturated rings. The predicted octanol–water partition coefficient (Wildman–Crippen LogP) is 4.48. The van der Waals surface area contributed by atoms with E-state index in [4.69, 9.17) is 5.73 Å². The molecule has 1 heteroatoms. The van der Waals surface area contributed by atoms with Crippen LogP contribution in [-0.4, -0.2) is 0 Å². The summed E-state index contributed by atoms with van der Waals surface area (Å²) in [5.74, 6) is 0. The Kier molecular flexibility index (Phi) is 3.35. The fourth-order valence-electron chi connectivity index (χ4n) is 2.34. The number of nitrogen functional groups attached to an aromatic ring is 1. The van der Waals surface area contributed by atoms with Gasteiger partial charge in [-0.2, -0.15) is 0 Å². The van der Waals surface area contributed by atoms with E-state index in [1.54, 1.807) is 0 Å². The van der Waals surface area contributed by atoms with Crippen LogP contribution in [0.15, 0.2) is 6.07 Å². The second-order valence-electron chi connectivity index (χ2n) is 7.14. The van der Waals surface area contributed by atoms with Crippen LogP contribution in [0.4, 0.5) is 5.69 Å². The van der Waals surface area contributed by atoms with Crippen LogP contribution in [0.1, 0.15) is 63.8 Å². The van der Waals surface area contributed by atoms with Crippen molar-refractivity contribution < 1.29 is 0 Å². The summed E-state index contributed by atoms with van der Waals surface area (Å²) in [7, 11) is 0. The molecule has 0 saturated heterocycles. The first-order chi connectivity index (χ1) is 7.46. The van der Waals surface area contributed by atoms with E-state index in [0.29, 0.717) is 0 Å². The maximum atomic E-state index is 6.28. The molecular weight excluding hydrogens is 206 g/mol. The summed E-state index contributed by atoms with van der Waals surface area (Å²) in [6, 6.07) is 2.30. The molecule has 0 spiro atoms. The van der Waals surface area contributed by atoms with Gasteiger partial charge in [-0.25, -0.2) is 0 Å². The molecule has 0 aliphatic carbocycles. The van der Waals surface area contributed by atoms with Gasteiger partial charge in [-0.15, -0.1) is 0 Å². The molecule has 0 unspecified atom stereocenters. The molecule has 0 saturated carbocycles. The Morgan fingerprint density at radius 1 is 0.765 bits per heavy atom. The van der Waals surface area contributed by atoms with Crippen molar-refractivity contribution >= 4 is 5.69 Å². The summed E-state index contributed by atoms with van der Waals surface area (Å²) in [5, 5.41) is 0. The van der Waals surface area contributed by atoms with Crippen molar-refractivity contribution in [2.24, 2.45) is 0 Å². The van der Waals surface area contributed by atoms with E-state index in [1.807, 2.05) is 0 Å². The minimum absolute atomic E-state index is 0.0997. The van der Waals surface area contributed by atoms with Crippen LogP contribution in [0.2, 0.25) is 0 Å². The molecule has 2 N–H and O–H groups in total. The smallest absolute Gasteiger partial charge is 0.0384 e. The van der Waals surface area contributed by atoms with Crippen LogP contribution in [0.3, 0.4) is 0 Å². The van der Waals surface area contributed by atoms with Gasteiger partial charge in [0.25, 0.3) is 0 Å². The molecule has 0 aliphatic heterocycles. The van der Waals surface area contributed by atoms with Crippen LogP contribution in [0, 0.1) is 13.8 Å². The molecule has 96 valence electrons. The molecule has 1 rings (SSSR count). The van der Waals surface area contributed by atoms with Crippen LogP contribution >= 0.6 is 0 Å². The van der Waals surface area contributed by atoms with Gasteiger partial charge in [0.1, 0.15) is 0 Å². The van der Waals surface area contributed by atoms with Gasteiger partial charge in [0.05, 0.1) is 0 Å². The van der Waals surface area contributed by atoms with Gasteiger partial charge in [-0.05, 0) is 46.9 Å². The molecule has 0 bridgehead atoms. The van der Waals surface area contributed by atoms with Crippen molar-refractivity contribution in [1.82, 2.24) is 0 Å². The van der Waals surface area contributed by atoms with Crippen LogP contribution < -0.4 is 5.73 Å². The predicted molar refractivity (Wildman–Crippen MR) is 77.7 cm³/mol. The third-order valence-corrected chi connectivity index (χ3v) is 3.57. The van der Waals surface area contributed by atoms with E-state index in [0.717, 1.165) is 5.69 Å². The zero-order valence-electron chi connectivity index (χ0n) is 12.7. The minimum atomic E-state index is 0.0997. The van der Waals surface area contributed by atoms with E-state index in [1.165, 1.54) is 22.3 Å². The lowest BCUT2D eigenvalue weighted by Gasteiger charge is -2.30. The maximum absolute atomic E-state index is 6.28. The third kappa shape index (κ3) is 2.65. The first kappa shape index (κ1) is 14.1. The highest BCUT2D eigenvalue weighted by molar-refractivity contribution is 5.62. The zero-order valence-corrected chi connectivity index (χ0v) is 12.7. The average molecular weight is 233 g/mol. The monoisotopic (exact) mass is 233 g/mol. The highest BCUT2D eigenvalue weighted by Gasteiger charge is 2.24. The van der Waals surface area contributed by atoms with Gasteiger partial charge in [-0.1, -0.05) is 47.6 Å². The summed E-state index contributed by atoms with van der Waals surface area (Å²) in [5.41, 5.74) is 12.8. The molecule has 0 heterocycles. The fourth-order valence-corrected chi connectivity index (χ4v) is 2.34. The summed E-state index contributed by atoms with van der Waals surface area (Å²) < 4.78 is 0.